The van der Waals surface area contributed by atoms with Gasteiger partial charge in [0.1, 0.15) is 11.9 Å². The zero-order valence-electron chi connectivity index (χ0n) is 15.1. The van der Waals surface area contributed by atoms with Crippen molar-refractivity contribution in [2.24, 2.45) is 0 Å². The highest BCUT2D eigenvalue weighted by molar-refractivity contribution is 7.89. The van der Waals surface area contributed by atoms with Crippen molar-refractivity contribution in [1.29, 1.82) is 0 Å². The van der Waals surface area contributed by atoms with Gasteiger partial charge in [-0.2, -0.15) is 0 Å². The third kappa shape index (κ3) is 5.54. The number of hydrogen-bond acceptors (Lipinski definition) is 5. The van der Waals surface area contributed by atoms with Crippen LogP contribution in [0.5, 0.6) is 5.75 Å². The van der Waals surface area contributed by atoms with Crippen LogP contribution in [0.15, 0.2) is 83.8 Å². The minimum atomic E-state index is -3.77. The SMILES string of the molecule is O=[N+]([O-])c1ccc(OC(CNS(=O)(=O)c2ccc(Cl)cc2)c2ccccc2)cc1. The molecule has 0 saturated carbocycles. The molecule has 0 spiro atoms. The maximum Gasteiger partial charge on any atom is 0.269 e. The lowest BCUT2D eigenvalue weighted by atomic mass is 10.1. The van der Waals surface area contributed by atoms with Crippen LogP contribution < -0.4 is 9.46 Å². The highest BCUT2D eigenvalue weighted by Gasteiger charge is 2.20. The summed E-state index contributed by atoms with van der Waals surface area (Å²) in [5.41, 5.74) is 0.696. The number of nitro benzene ring substituents is 1. The molecule has 29 heavy (non-hydrogen) atoms. The first-order valence-electron chi connectivity index (χ1n) is 8.56. The number of sulfonamides is 1. The highest BCUT2D eigenvalue weighted by Crippen LogP contribution is 2.24. The van der Waals surface area contributed by atoms with Crippen LogP contribution in [0.1, 0.15) is 11.7 Å². The standard InChI is InChI=1S/C20H17ClN2O5S/c21-16-6-12-19(13-7-16)29(26,27)22-14-20(15-4-2-1-3-5-15)28-18-10-8-17(9-11-18)23(24)25/h1-13,20,22H,14H2. The van der Waals surface area contributed by atoms with E-state index in [0.29, 0.717) is 10.8 Å². The van der Waals surface area contributed by atoms with Gasteiger partial charge in [-0.15, -0.1) is 0 Å². The van der Waals surface area contributed by atoms with Gasteiger partial charge < -0.3 is 4.74 Å². The molecule has 0 bridgehead atoms. The number of nitrogens with zero attached hydrogens (tertiary/aromatic N) is 1. The number of nitro groups is 1. The number of ether oxygens (including phenoxy) is 1. The first-order valence-corrected chi connectivity index (χ1v) is 10.4. The Bertz CT molecular complexity index is 1070. The van der Waals surface area contributed by atoms with E-state index in [-0.39, 0.29) is 17.1 Å². The summed E-state index contributed by atoms with van der Waals surface area (Å²) in [6.45, 7) is -0.0358. The van der Waals surface area contributed by atoms with Crippen LogP contribution in [0, 0.1) is 10.1 Å². The second kappa shape index (κ2) is 9.04. The van der Waals surface area contributed by atoms with Crippen molar-refractivity contribution in [2.45, 2.75) is 11.0 Å². The molecule has 0 radical (unpaired) electrons. The molecule has 150 valence electrons. The summed E-state index contributed by atoms with van der Waals surface area (Å²) in [6.07, 6.45) is -0.639. The average molecular weight is 433 g/mol. The number of halogens is 1. The number of benzene rings is 3. The maximum absolute atomic E-state index is 12.6. The summed E-state index contributed by atoms with van der Waals surface area (Å²) in [6, 6.07) is 20.5. The minimum absolute atomic E-state index is 0.0358. The predicted molar refractivity (Wildman–Crippen MR) is 110 cm³/mol. The first kappa shape index (κ1) is 20.8. The largest absolute Gasteiger partial charge is 0.484 e. The lowest BCUT2D eigenvalue weighted by Crippen LogP contribution is -2.30. The molecule has 1 unspecified atom stereocenters. The van der Waals surface area contributed by atoms with Crippen molar-refractivity contribution >= 4 is 27.3 Å². The summed E-state index contributed by atoms with van der Waals surface area (Å²) >= 11 is 5.81. The van der Waals surface area contributed by atoms with E-state index in [4.69, 9.17) is 16.3 Å². The van der Waals surface area contributed by atoms with Crippen LogP contribution in [0.25, 0.3) is 0 Å². The molecular weight excluding hydrogens is 416 g/mol. The van der Waals surface area contributed by atoms with E-state index in [0.717, 1.165) is 5.56 Å². The Labute approximate surface area is 173 Å². The molecule has 0 aliphatic carbocycles. The molecule has 3 aromatic carbocycles. The number of rotatable bonds is 8. The molecule has 1 N–H and O–H groups in total. The molecule has 7 nitrogen and oxygen atoms in total. The second-order valence-electron chi connectivity index (χ2n) is 6.07. The van der Waals surface area contributed by atoms with Crippen LogP contribution in [-0.2, 0) is 10.0 Å². The van der Waals surface area contributed by atoms with Gasteiger partial charge in [0.05, 0.1) is 16.4 Å². The van der Waals surface area contributed by atoms with E-state index in [1.54, 1.807) is 0 Å². The predicted octanol–water partition coefficient (Wildman–Crippen LogP) is 4.35. The fourth-order valence-electron chi connectivity index (χ4n) is 2.59. The Morgan fingerprint density at radius 3 is 2.17 bits per heavy atom. The van der Waals surface area contributed by atoms with Gasteiger partial charge in [0.25, 0.3) is 5.69 Å². The highest BCUT2D eigenvalue weighted by atomic mass is 35.5. The van der Waals surface area contributed by atoms with Crippen molar-refractivity contribution in [2.75, 3.05) is 6.54 Å². The van der Waals surface area contributed by atoms with Crippen molar-refractivity contribution < 1.29 is 18.1 Å². The van der Waals surface area contributed by atoms with Crippen LogP contribution in [0.2, 0.25) is 5.02 Å². The molecule has 0 saturated heterocycles. The van der Waals surface area contributed by atoms with E-state index >= 15 is 0 Å². The monoisotopic (exact) mass is 432 g/mol. The van der Waals surface area contributed by atoms with E-state index in [1.165, 1.54) is 48.5 Å². The van der Waals surface area contributed by atoms with E-state index in [1.807, 2.05) is 30.3 Å². The molecule has 0 aliphatic heterocycles. The Morgan fingerprint density at radius 2 is 1.59 bits per heavy atom. The van der Waals surface area contributed by atoms with Crippen molar-refractivity contribution in [3.05, 3.63) is 99.6 Å². The number of nitrogens with one attached hydrogen (secondary N) is 1. The molecule has 3 rings (SSSR count). The van der Waals surface area contributed by atoms with Crippen LogP contribution in [0.4, 0.5) is 5.69 Å². The Hall–Kier alpha value is -2.94. The maximum atomic E-state index is 12.6. The Kier molecular flexibility index (Phi) is 6.48. The molecule has 0 aliphatic rings. The van der Waals surface area contributed by atoms with E-state index in [2.05, 4.69) is 4.72 Å². The summed E-state index contributed by atoms with van der Waals surface area (Å²) in [5, 5.41) is 11.2. The topological polar surface area (TPSA) is 98.5 Å². The lowest BCUT2D eigenvalue weighted by Gasteiger charge is -2.20. The van der Waals surface area contributed by atoms with Crippen molar-refractivity contribution in [3.8, 4) is 5.75 Å². The van der Waals surface area contributed by atoms with Crippen molar-refractivity contribution in [3.63, 3.8) is 0 Å². The molecular formula is C20H17ClN2O5S. The van der Waals surface area contributed by atoms with Gasteiger partial charge in [-0.05, 0) is 42.0 Å². The molecule has 1 atom stereocenters. The van der Waals surface area contributed by atoms with E-state index in [9.17, 15) is 18.5 Å². The molecule has 9 heteroatoms. The molecule has 0 fully saturated rings. The third-order valence-electron chi connectivity index (χ3n) is 4.08. The number of non-ortho nitro benzene ring substituents is 1. The van der Waals surface area contributed by atoms with Gasteiger partial charge >= 0.3 is 0 Å². The second-order valence-corrected chi connectivity index (χ2v) is 8.28. The summed E-state index contributed by atoms with van der Waals surface area (Å²) in [7, 11) is -3.77. The van der Waals surface area contributed by atoms with Gasteiger partial charge in [0.15, 0.2) is 0 Å². The summed E-state index contributed by atoms with van der Waals surface area (Å²) in [5.74, 6) is 0.384. The van der Waals surface area contributed by atoms with Gasteiger partial charge in [-0.1, -0.05) is 41.9 Å². The van der Waals surface area contributed by atoms with Crippen LogP contribution in [-0.4, -0.2) is 19.9 Å². The van der Waals surface area contributed by atoms with Crippen LogP contribution >= 0.6 is 11.6 Å². The Morgan fingerprint density at radius 1 is 0.966 bits per heavy atom. The smallest absolute Gasteiger partial charge is 0.269 e. The van der Waals surface area contributed by atoms with Gasteiger partial charge in [-0.25, -0.2) is 13.1 Å². The normalized spacial score (nSPS) is 12.3. The van der Waals surface area contributed by atoms with Gasteiger partial charge in [0.2, 0.25) is 10.0 Å². The van der Waals surface area contributed by atoms with Gasteiger partial charge in [0, 0.05) is 17.2 Å². The summed E-state index contributed by atoms with van der Waals surface area (Å²) < 4.78 is 33.6. The lowest BCUT2D eigenvalue weighted by molar-refractivity contribution is -0.384. The van der Waals surface area contributed by atoms with Crippen LogP contribution in [0.3, 0.4) is 0 Å². The zero-order valence-corrected chi connectivity index (χ0v) is 16.6. The first-order chi connectivity index (χ1) is 13.8. The number of hydrogen-bond donors (Lipinski definition) is 1. The minimum Gasteiger partial charge on any atom is -0.484 e. The molecule has 3 aromatic rings. The van der Waals surface area contributed by atoms with E-state index < -0.39 is 21.1 Å². The molecule has 0 heterocycles. The van der Waals surface area contributed by atoms with Gasteiger partial charge in [-0.3, -0.25) is 10.1 Å². The molecule has 0 aromatic heterocycles. The quantitative estimate of drug-likeness (QED) is 0.421. The third-order valence-corrected chi connectivity index (χ3v) is 5.77. The summed E-state index contributed by atoms with van der Waals surface area (Å²) in [4.78, 5) is 10.4. The van der Waals surface area contributed by atoms with Crippen molar-refractivity contribution in [1.82, 2.24) is 4.72 Å². The average Bonchev–Trinajstić information content (AvgIpc) is 2.72. The Balaban J connectivity index is 1.79. The molecule has 0 amide bonds. The fraction of sp³-hybridized carbons (Fsp3) is 0.100. The zero-order chi connectivity index (χ0) is 20.9. The fourth-order valence-corrected chi connectivity index (χ4v) is 3.75.